The fourth-order valence-electron chi connectivity index (χ4n) is 4.97. The Morgan fingerprint density at radius 2 is 1.20 bits per heavy atom. The van der Waals surface area contributed by atoms with Gasteiger partial charge in [0.2, 0.25) is 0 Å². The number of carboxylic acid groups (broad SMARTS) is 3. The van der Waals surface area contributed by atoms with Crippen LogP contribution in [0.15, 0.2) is 24.3 Å². The Morgan fingerprint density at radius 3 is 1.70 bits per heavy atom. The van der Waals surface area contributed by atoms with Crippen molar-refractivity contribution in [2.75, 3.05) is 118 Å². The molecule has 46 heavy (non-hydrogen) atoms. The van der Waals surface area contributed by atoms with Gasteiger partial charge >= 0.3 is 17.9 Å². The van der Waals surface area contributed by atoms with E-state index in [1.165, 1.54) is 0 Å². The summed E-state index contributed by atoms with van der Waals surface area (Å²) < 4.78 is 21.8. The standard InChI is InChI=1S/C31H50N4O11/c1-2-43-17-18-44-19-20-45-21-22-46-27-5-3-26(4-6-27)23-28(31(41)42)35-13-11-32(15-16-36)7-8-33(24-29(37)38)9-10-34(12-14-35)25-30(39)40/h3-6,16,28H,2,7-15,17-25H2,1H3,(H,37,38)(H,39,40)(H,41,42)/t28-/m1/s1. The van der Waals surface area contributed by atoms with Crippen LogP contribution in [0.2, 0.25) is 0 Å². The number of benzene rings is 1. The molecule has 1 aromatic rings. The predicted molar refractivity (Wildman–Crippen MR) is 167 cm³/mol. The van der Waals surface area contributed by atoms with Crippen LogP contribution in [-0.2, 0) is 39.8 Å². The van der Waals surface area contributed by atoms with E-state index in [9.17, 15) is 34.5 Å². The van der Waals surface area contributed by atoms with E-state index in [0.717, 1.165) is 11.8 Å². The molecule has 1 aliphatic rings. The van der Waals surface area contributed by atoms with Crippen molar-refractivity contribution in [3.63, 3.8) is 0 Å². The molecule has 0 aliphatic carbocycles. The van der Waals surface area contributed by atoms with E-state index in [0.29, 0.717) is 91.3 Å². The summed E-state index contributed by atoms with van der Waals surface area (Å²) in [7, 11) is 0. The van der Waals surface area contributed by atoms with Crippen molar-refractivity contribution in [2.45, 2.75) is 19.4 Å². The average Bonchev–Trinajstić information content (AvgIpc) is 3.01. The largest absolute Gasteiger partial charge is 0.491 e. The van der Waals surface area contributed by atoms with E-state index in [4.69, 9.17) is 18.9 Å². The smallest absolute Gasteiger partial charge is 0.321 e. The van der Waals surface area contributed by atoms with Crippen LogP contribution in [0.5, 0.6) is 5.75 Å². The molecule has 0 amide bonds. The molecule has 1 aliphatic heterocycles. The molecule has 0 unspecified atom stereocenters. The number of nitrogens with zero attached hydrogens (tertiary/aromatic N) is 4. The minimum Gasteiger partial charge on any atom is -0.491 e. The second-order valence-electron chi connectivity index (χ2n) is 10.8. The maximum atomic E-state index is 12.5. The lowest BCUT2D eigenvalue weighted by atomic mass is 10.0. The Bertz CT molecular complexity index is 1030. The van der Waals surface area contributed by atoms with Crippen LogP contribution >= 0.6 is 0 Å². The van der Waals surface area contributed by atoms with Crippen molar-refractivity contribution >= 4 is 24.2 Å². The van der Waals surface area contributed by atoms with Crippen LogP contribution in [0.25, 0.3) is 0 Å². The summed E-state index contributed by atoms with van der Waals surface area (Å²) >= 11 is 0. The Hall–Kier alpha value is -3.18. The molecule has 0 bridgehead atoms. The summed E-state index contributed by atoms with van der Waals surface area (Å²) in [6.07, 6.45) is 0.984. The number of carbonyl (C=O) groups excluding carboxylic acids is 1. The molecule has 260 valence electrons. The van der Waals surface area contributed by atoms with Gasteiger partial charge in [-0.3, -0.25) is 34.0 Å². The Morgan fingerprint density at radius 1 is 0.717 bits per heavy atom. The molecule has 1 heterocycles. The third-order valence-corrected chi connectivity index (χ3v) is 7.45. The van der Waals surface area contributed by atoms with Crippen LogP contribution in [0, 0.1) is 0 Å². The number of ether oxygens (including phenoxy) is 4. The molecule has 3 N–H and O–H groups in total. The lowest BCUT2D eigenvalue weighted by molar-refractivity contribution is -0.144. The second-order valence-corrected chi connectivity index (χ2v) is 10.8. The van der Waals surface area contributed by atoms with E-state index in [-0.39, 0.29) is 39.1 Å². The molecule has 1 fully saturated rings. The maximum Gasteiger partial charge on any atom is 0.321 e. The van der Waals surface area contributed by atoms with Gasteiger partial charge < -0.3 is 39.1 Å². The molecular formula is C31H50N4O11. The molecule has 1 atom stereocenters. The number of hydrogen-bond donors (Lipinski definition) is 3. The van der Waals surface area contributed by atoms with Crippen LogP contribution in [-0.4, -0.2) is 183 Å². The molecule has 15 nitrogen and oxygen atoms in total. The lowest BCUT2D eigenvalue weighted by Gasteiger charge is -2.35. The van der Waals surface area contributed by atoms with Gasteiger partial charge in [-0.1, -0.05) is 12.1 Å². The minimum atomic E-state index is -1.02. The number of carbonyl (C=O) groups is 4. The second kappa shape index (κ2) is 23.2. The fourth-order valence-corrected chi connectivity index (χ4v) is 4.97. The van der Waals surface area contributed by atoms with Crippen LogP contribution in [0.4, 0.5) is 0 Å². The highest BCUT2D eigenvalue weighted by molar-refractivity contribution is 5.74. The van der Waals surface area contributed by atoms with E-state index in [1.54, 1.807) is 21.9 Å². The van der Waals surface area contributed by atoms with Gasteiger partial charge in [0.1, 0.15) is 24.7 Å². The summed E-state index contributed by atoms with van der Waals surface area (Å²) in [5, 5.41) is 29.0. The first-order chi connectivity index (χ1) is 22.2. The molecule has 15 heteroatoms. The van der Waals surface area contributed by atoms with Gasteiger partial charge in [-0.15, -0.1) is 0 Å². The summed E-state index contributed by atoms with van der Waals surface area (Å²) in [6, 6.07) is 6.31. The summed E-state index contributed by atoms with van der Waals surface area (Å²) in [6.45, 7) is 7.67. The first kappa shape index (κ1) is 39.0. The van der Waals surface area contributed by atoms with Gasteiger partial charge in [-0.2, -0.15) is 0 Å². The summed E-state index contributed by atoms with van der Waals surface area (Å²) in [5.74, 6) is -2.39. The molecule has 0 aromatic heterocycles. The quantitative estimate of drug-likeness (QED) is 0.116. The first-order valence-electron chi connectivity index (χ1n) is 15.7. The molecule has 0 spiro atoms. The van der Waals surface area contributed by atoms with Gasteiger partial charge in [0.25, 0.3) is 0 Å². The van der Waals surface area contributed by atoms with Crippen LogP contribution < -0.4 is 4.74 Å². The fraction of sp³-hybridized carbons (Fsp3) is 0.677. The number of aldehydes is 1. The van der Waals surface area contributed by atoms with Crippen molar-refractivity contribution in [3.8, 4) is 5.75 Å². The molecule has 0 radical (unpaired) electrons. The van der Waals surface area contributed by atoms with Crippen molar-refractivity contribution in [3.05, 3.63) is 29.8 Å². The van der Waals surface area contributed by atoms with Gasteiger partial charge in [0.05, 0.1) is 52.7 Å². The van der Waals surface area contributed by atoms with Crippen molar-refractivity contribution < 1.29 is 53.4 Å². The highest BCUT2D eigenvalue weighted by Gasteiger charge is 2.28. The Labute approximate surface area is 270 Å². The number of carboxylic acids is 3. The van der Waals surface area contributed by atoms with Crippen molar-refractivity contribution in [2.24, 2.45) is 0 Å². The van der Waals surface area contributed by atoms with Crippen molar-refractivity contribution in [1.82, 2.24) is 19.6 Å². The van der Waals surface area contributed by atoms with E-state index in [1.807, 2.05) is 28.9 Å². The third kappa shape index (κ3) is 16.9. The third-order valence-electron chi connectivity index (χ3n) is 7.45. The molecule has 2 rings (SSSR count). The summed E-state index contributed by atoms with van der Waals surface area (Å²) in [4.78, 5) is 53.9. The van der Waals surface area contributed by atoms with Crippen LogP contribution in [0.3, 0.4) is 0 Å². The van der Waals surface area contributed by atoms with E-state index in [2.05, 4.69) is 0 Å². The molecule has 1 saturated heterocycles. The number of aliphatic carboxylic acids is 3. The first-order valence-corrected chi connectivity index (χ1v) is 15.7. The van der Waals surface area contributed by atoms with Gasteiger partial charge in [0, 0.05) is 59.0 Å². The van der Waals surface area contributed by atoms with Crippen LogP contribution in [0.1, 0.15) is 12.5 Å². The highest BCUT2D eigenvalue weighted by atomic mass is 16.6. The normalized spacial score (nSPS) is 17.1. The average molecular weight is 655 g/mol. The predicted octanol–water partition coefficient (Wildman–Crippen LogP) is -0.279. The topological polar surface area (TPSA) is 179 Å². The zero-order valence-electron chi connectivity index (χ0n) is 26.8. The Kier molecular flexibility index (Phi) is 19.7. The SMILES string of the molecule is CCOCCOCCOCCOc1ccc(C[C@H](C(=O)O)N2CCN(CC=O)CCN(CC(=O)O)CCN(CC(=O)O)CC2)cc1. The zero-order chi connectivity index (χ0) is 33.6. The van der Waals surface area contributed by atoms with Gasteiger partial charge in [-0.05, 0) is 31.0 Å². The number of hydrogen-bond acceptors (Lipinski definition) is 12. The maximum absolute atomic E-state index is 12.5. The van der Waals surface area contributed by atoms with E-state index >= 15 is 0 Å². The summed E-state index contributed by atoms with van der Waals surface area (Å²) in [5.41, 5.74) is 0.794. The molecule has 1 aromatic carbocycles. The molecular weight excluding hydrogens is 604 g/mol. The zero-order valence-corrected chi connectivity index (χ0v) is 26.8. The van der Waals surface area contributed by atoms with Gasteiger partial charge in [0.15, 0.2) is 0 Å². The van der Waals surface area contributed by atoms with E-state index < -0.39 is 23.9 Å². The van der Waals surface area contributed by atoms with Gasteiger partial charge in [-0.25, -0.2) is 0 Å². The Balaban J connectivity index is 2.00. The lowest BCUT2D eigenvalue weighted by Crippen LogP contribution is -2.52. The van der Waals surface area contributed by atoms with Crippen molar-refractivity contribution in [1.29, 1.82) is 0 Å². The number of rotatable bonds is 21. The minimum absolute atomic E-state index is 0.131. The highest BCUT2D eigenvalue weighted by Crippen LogP contribution is 2.16. The molecule has 0 saturated carbocycles. The monoisotopic (exact) mass is 654 g/mol.